The van der Waals surface area contributed by atoms with Crippen molar-refractivity contribution < 1.29 is 15.3 Å². The summed E-state index contributed by atoms with van der Waals surface area (Å²) in [7, 11) is 0. The van der Waals surface area contributed by atoms with E-state index < -0.39 is 24.9 Å². The van der Waals surface area contributed by atoms with Gasteiger partial charge in [0.2, 0.25) is 0 Å². The average Bonchev–Trinajstić information content (AvgIpc) is 2.52. The summed E-state index contributed by atoms with van der Waals surface area (Å²) in [6.45, 7) is 2.47. The van der Waals surface area contributed by atoms with E-state index in [2.05, 4.69) is 4.90 Å². The van der Waals surface area contributed by atoms with E-state index in [-0.39, 0.29) is 12.5 Å². The molecule has 0 bridgehead atoms. The van der Waals surface area contributed by atoms with Crippen LogP contribution >= 0.6 is 0 Å². The second kappa shape index (κ2) is 11.3. The largest absolute Gasteiger partial charge is 0.394 e. The second-order valence-corrected chi connectivity index (χ2v) is 5.58. The van der Waals surface area contributed by atoms with Crippen molar-refractivity contribution in [3.8, 4) is 0 Å². The fourth-order valence-corrected chi connectivity index (χ4v) is 2.27. The number of nitrogens with two attached hydrogens (primary N) is 4. The van der Waals surface area contributed by atoms with Gasteiger partial charge in [0.25, 0.3) is 0 Å². The summed E-state index contributed by atoms with van der Waals surface area (Å²) in [4.78, 5) is 2.13. The number of hydrogen-bond donors (Lipinski definition) is 7. The Balaban J connectivity index is 4.72. The predicted molar refractivity (Wildman–Crippen MR) is 83.4 cm³/mol. The van der Waals surface area contributed by atoms with Gasteiger partial charge in [0, 0.05) is 12.5 Å². The highest BCUT2D eigenvalue weighted by Crippen LogP contribution is 2.16. The third-order valence-electron chi connectivity index (χ3n) is 3.78. The van der Waals surface area contributed by atoms with E-state index in [0.717, 1.165) is 25.9 Å². The van der Waals surface area contributed by atoms with Crippen LogP contribution in [-0.2, 0) is 0 Å². The Morgan fingerprint density at radius 3 is 1.76 bits per heavy atom. The van der Waals surface area contributed by atoms with E-state index in [1.165, 1.54) is 0 Å². The molecule has 0 aliphatic rings. The van der Waals surface area contributed by atoms with Crippen molar-refractivity contribution in [1.82, 2.24) is 4.90 Å². The monoisotopic (exact) mass is 307 g/mol. The Morgan fingerprint density at radius 2 is 1.43 bits per heavy atom. The summed E-state index contributed by atoms with van der Waals surface area (Å²) >= 11 is 0. The van der Waals surface area contributed by atoms with E-state index in [1.807, 2.05) is 0 Å². The van der Waals surface area contributed by atoms with Crippen LogP contribution in [0.1, 0.15) is 12.8 Å². The molecule has 0 heterocycles. The normalized spacial score (nSPS) is 15.4. The van der Waals surface area contributed by atoms with Gasteiger partial charge in [0.1, 0.15) is 0 Å². The lowest BCUT2D eigenvalue weighted by atomic mass is 9.85. The van der Waals surface area contributed by atoms with Gasteiger partial charge in [-0.1, -0.05) is 0 Å². The highest BCUT2D eigenvalue weighted by molar-refractivity contribution is 4.95. The van der Waals surface area contributed by atoms with Crippen LogP contribution in [0.2, 0.25) is 0 Å². The summed E-state index contributed by atoms with van der Waals surface area (Å²) in [5, 5.41) is 28.9. The van der Waals surface area contributed by atoms with Crippen molar-refractivity contribution in [3.63, 3.8) is 0 Å². The average molecular weight is 307 g/mol. The van der Waals surface area contributed by atoms with Gasteiger partial charge in [-0.25, -0.2) is 0 Å². The van der Waals surface area contributed by atoms with E-state index >= 15 is 0 Å². The molecular weight excluding hydrogens is 274 g/mol. The summed E-state index contributed by atoms with van der Waals surface area (Å²) in [5.41, 5.74) is 21.2. The minimum atomic E-state index is -1.45. The molecule has 8 heteroatoms. The minimum Gasteiger partial charge on any atom is -0.394 e. The molecule has 11 N–H and O–H groups in total. The molecule has 128 valence electrons. The molecule has 0 rings (SSSR count). The summed E-state index contributed by atoms with van der Waals surface area (Å²) in [6, 6.07) is 0. The molecule has 0 aromatic heterocycles. The third kappa shape index (κ3) is 6.98. The summed E-state index contributed by atoms with van der Waals surface area (Å²) in [5.74, 6) is -0.343. The maximum Gasteiger partial charge on any atom is 0.0889 e. The molecule has 0 radical (unpaired) electrons. The lowest BCUT2D eigenvalue weighted by Gasteiger charge is -2.37. The molecule has 0 aromatic carbocycles. The zero-order valence-electron chi connectivity index (χ0n) is 12.8. The van der Waals surface area contributed by atoms with E-state index in [9.17, 15) is 15.3 Å². The van der Waals surface area contributed by atoms with Gasteiger partial charge >= 0.3 is 0 Å². The van der Waals surface area contributed by atoms with Crippen LogP contribution in [0.25, 0.3) is 0 Å². The van der Waals surface area contributed by atoms with Gasteiger partial charge < -0.3 is 43.2 Å². The van der Waals surface area contributed by atoms with Crippen LogP contribution in [-0.4, -0.2) is 84.3 Å². The molecule has 0 fully saturated rings. The summed E-state index contributed by atoms with van der Waals surface area (Å²) < 4.78 is 0. The standard InChI is InChI=1S/C13H33N5O3/c14-3-1-5-18(6-2-4-15)8-11(7-16)12(21)13(17,9-19)10-20/h11-12,19-21H,1-10,14-17H2. The van der Waals surface area contributed by atoms with Gasteiger partial charge in [-0.2, -0.15) is 0 Å². The van der Waals surface area contributed by atoms with E-state index in [1.54, 1.807) is 0 Å². The molecule has 0 aromatic rings. The molecule has 0 aliphatic carbocycles. The van der Waals surface area contributed by atoms with Crippen LogP contribution in [0, 0.1) is 5.92 Å². The van der Waals surface area contributed by atoms with Crippen molar-refractivity contribution in [3.05, 3.63) is 0 Å². The van der Waals surface area contributed by atoms with Crippen molar-refractivity contribution in [2.45, 2.75) is 24.5 Å². The molecule has 0 aliphatic heterocycles. The van der Waals surface area contributed by atoms with Gasteiger partial charge in [-0.15, -0.1) is 0 Å². The number of rotatable bonds is 13. The highest BCUT2D eigenvalue weighted by atomic mass is 16.3. The first-order valence-electron chi connectivity index (χ1n) is 7.50. The van der Waals surface area contributed by atoms with E-state index in [4.69, 9.17) is 22.9 Å². The maximum absolute atomic E-state index is 10.3. The first-order valence-corrected chi connectivity index (χ1v) is 7.50. The molecule has 0 amide bonds. The topological polar surface area (TPSA) is 168 Å². The quantitative estimate of drug-likeness (QED) is 0.185. The lowest BCUT2D eigenvalue weighted by molar-refractivity contribution is -0.0305. The van der Waals surface area contributed by atoms with Crippen molar-refractivity contribution >= 4 is 0 Å². The molecule has 0 spiro atoms. The Bertz CT molecular complexity index is 246. The van der Waals surface area contributed by atoms with Crippen molar-refractivity contribution in [1.29, 1.82) is 0 Å². The van der Waals surface area contributed by atoms with Crippen molar-refractivity contribution in [2.75, 3.05) is 52.5 Å². The Morgan fingerprint density at radius 1 is 0.952 bits per heavy atom. The Kier molecular flexibility index (Phi) is 11.1. The molecule has 8 nitrogen and oxygen atoms in total. The zero-order chi connectivity index (χ0) is 16.3. The molecule has 0 saturated heterocycles. The summed E-state index contributed by atoms with van der Waals surface area (Å²) in [6.07, 6.45) is 0.591. The first-order chi connectivity index (χ1) is 9.98. The fourth-order valence-electron chi connectivity index (χ4n) is 2.27. The number of hydrogen-bond acceptors (Lipinski definition) is 8. The van der Waals surface area contributed by atoms with Crippen LogP contribution < -0.4 is 22.9 Å². The van der Waals surface area contributed by atoms with Crippen molar-refractivity contribution in [2.24, 2.45) is 28.9 Å². The number of nitrogens with zero attached hydrogens (tertiary/aromatic N) is 1. The lowest BCUT2D eigenvalue weighted by Crippen LogP contribution is -2.61. The SMILES string of the molecule is NCCCN(CCCN)CC(CN)C(O)C(N)(CO)CO. The van der Waals surface area contributed by atoms with Gasteiger partial charge in [-0.05, 0) is 45.6 Å². The third-order valence-corrected chi connectivity index (χ3v) is 3.78. The minimum absolute atomic E-state index is 0.210. The molecular formula is C13H33N5O3. The maximum atomic E-state index is 10.3. The molecule has 2 unspecified atom stereocenters. The van der Waals surface area contributed by atoms with Crippen LogP contribution in [0.4, 0.5) is 0 Å². The molecule has 21 heavy (non-hydrogen) atoms. The van der Waals surface area contributed by atoms with Gasteiger partial charge in [0.05, 0.1) is 24.9 Å². The molecule has 2 atom stereocenters. The van der Waals surface area contributed by atoms with E-state index in [0.29, 0.717) is 19.6 Å². The van der Waals surface area contributed by atoms with Crippen LogP contribution in [0.5, 0.6) is 0 Å². The molecule has 0 saturated carbocycles. The number of aliphatic hydroxyl groups is 3. The van der Waals surface area contributed by atoms with Gasteiger partial charge in [0.15, 0.2) is 0 Å². The van der Waals surface area contributed by atoms with Crippen LogP contribution in [0.15, 0.2) is 0 Å². The Hall–Kier alpha value is -0.320. The predicted octanol–water partition coefficient (Wildman–Crippen LogP) is -3.40. The number of aliphatic hydroxyl groups excluding tert-OH is 3. The fraction of sp³-hybridized carbons (Fsp3) is 1.00. The second-order valence-electron chi connectivity index (χ2n) is 5.58. The smallest absolute Gasteiger partial charge is 0.0889 e. The van der Waals surface area contributed by atoms with Gasteiger partial charge in [-0.3, -0.25) is 0 Å². The Labute approximate surface area is 127 Å². The highest BCUT2D eigenvalue weighted by Gasteiger charge is 2.38. The zero-order valence-corrected chi connectivity index (χ0v) is 12.8. The first kappa shape index (κ1) is 20.7. The van der Waals surface area contributed by atoms with Crippen LogP contribution in [0.3, 0.4) is 0 Å².